The SMILES string of the molecule is CC[C@H](C)[C@H](NC(=O)CNC(=O)[C@@H](NC(=O)[C@H](C)NC(=O)[C@@H](N)Cc1ccccc1)[C@@H](C)O)C(=O)NCC(=O)N[C@H](C(=O)N[C@H](C(=O)N[C@H](C(=O)N[C@H](C(=O)O)C(C)C)[C@@H](C)O)[C@@H](C)CC)[C@@H](C)CC. The Morgan fingerprint density at radius 2 is 0.829 bits per heavy atom. The van der Waals surface area contributed by atoms with Gasteiger partial charge in [-0.15, -0.1) is 0 Å². The fourth-order valence-corrected chi connectivity index (χ4v) is 6.79. The molecule has 1 aromatic rings. The molecule has 0 aromatic heterocycles. The summed E-state index contributed by atoms with van der Waals surface area (Å²) in [5.41, 5.74) is 6.82. The van der Waals surface area contributed by atoms with Crippen molar-refractivity contribution in [2.75, 3.05) is 13.1 Å². The van der Waals surface area contributed by atoms with Crippen molar-refractivity contribution in [2.45, 2.75) is 162 Å². The number of rotatable bonds is 30. The van der Waals surface area contributed by atoms with Crippen molar-refractivity contribution in [3.05, 3.63) is 35.9 Å². The molecule has 0 aliphatic rings. The lowest BCUT2D eigenvalue weighted by Crippen LogP contribution is -2.62. The summed E-state index contributed by atoms with van der Waals surface area (Å²) >= 11 is 0. The first-order chi connectivity index (χ1) is 32.7. The molecule has 9 amide bonds. The van der Waals surface area contributed by atoms with Crippen LogP contribution in [-0.4, -0.2) is 148 Å². The number of carboxylic acid groups (broad SMARTS) is 1. The van der Waals surface area contributed by atoms with E-state index >= 15 is 0 Å². The number of aliphatic carboxylic acids is 1. The maximum absolute atomic E-state index is 13.8. The first-order valence-corrected chi connectivity index (χ1v) is 23.7. The van der Waals surface area contributed by atoms with Gasteiger partial charge in [0, 0.05) is 0 Å². The molecule has 23 heteroatoms. The van der Waals surface area contributed by atoms with E-state index < -0.39 is 156 Å². The Balaban J connectivity index is 2.99. The molecule has 0 aliphatic carbocycles. The van der Waals surface area contributed by atoms with Gasteiger partial charge in [0.1, 0.15) is 42.3 Å². The molecule has 0 unspecified atom stereocenters. The van der Waals surface area contributed by atoms with Crippen molar-refractivity contribution < 1.29 is 63.3 Å². The third-order valence-electron chi connectivity index (χ3n) is 12.0. The fourth-order valence-electron chi connectivity index (χ4n) is 6.79. The van der Waals surface area contributed by atoms with E-state index in [0.29, 0.717) is 19.3 Å². The van der Waals surface area contributed by atoms with E-state index in [2.05, 4.69) is 47.9 Å². The van der Waals surface area contributed by atoms with Gasteiger partial charge in [0.25, 0.3) is 0 Å². The topological polar surface area (TPSA) is 366 Å². The summed E-state index contributed by atoms with van der Waals surface area (Å²) < 4.78 is 0. The molecule has 0 saturated heterocycles. The summed E-state index contributed by atoms with van der Waals surface area (Å²) in [6, 6.07) is -1.27. The molecular formula is C47H78N10O13. The van der Waals surface area contributed by atoms with Gasteiger partial charge < -0.3 is 68.9 Å². The van der Waals surface area contributed by atoms with Crippen molar-refractivity contribution in [3.63, 3.8) is 0 Å². The Labute approximate surface area is 410 Å². The molecule has 0 spiro atoms. The molecule has 70 heavy (non-hydrogen) atoms. The highest BCUT2D eigenvalue weighted by Gasteiger charge is 2.37. The smallest absolute Gasteiger partial charge is 0.326 e. The minimum Gasteiger partial charge on any atom is -0.480 e. The number of benzene rings is 1. The lowest BCUT2D eigenvalue weighted by molar-refractivity contribution is -0.144. The van der Waals surface area contributed by atoms with Crippen LogP contribution in [0.1, 0.15) is 101 Å². The van der Waals surface area contributed by atoms with Gasteiger partial charge in [-0.1, -0.05) is 105 Å². The Morgan fingerprint density at radius 1 is 0.471 bits per heavy atom. The zero-order valence-corrected chi connectivity index (χ0v) is 42.2. The number of aliphatic hydroxyl groups excluding tert-OH is 2. The predicted octanol–water partition coefficient (Wildman–Crippen LogP) is -2.16. The first-order valence-electron chi connectivity index (χ1n) is 23.7. The number of carbonyl (C=O) groups is 10. The van der Waals surface area contributed by atoms with Crippen LogP contribution >= 0.6 is 0 Å². The summed E-state index contributed by atoms with van der Waals surface area (Å²) in [4.78, 5) is 131. The highest BCUT2D eigenvalue weighted by molar-refractivity contribution is 5.97. The quantitative estimate of drug-likeness (QED) is 0.0391. The molecule has 1 aromatic carbocycles. The van der Waals surface area contributed by atoms with Crippen LogP contribution in [0.3, 0.4) is 0 Å². The van der Waals surface area contributed by atoms with E-state index in [4.69, 9.17) is 5.73 Å². The Bertz CT molecular complexity index is 1940. The minimum atomic E-state index is -1.58. The van der Waals surface area contributed by atoms with Gasteiger partial charge >= 0.3 is 5.97 Å². The van der Waals surface area contributed by atoms with E-state index in [1.54, 1.807) is 79.7 Å². The average Bonchev–Trinajstić information content (AvgIpc) is 3.31. The molecule has 394 valence electrons. The van der Waals surface area contributed by atoms with Crippen LogP contribution in [0.15, 0.2) is 30.3 Å². The maximum atomic E-state index is 13.8. The molecular weight excluding hydrogens is 913 g/mol. The number of carbonyl (C=O) groups excluding carboxylic acids is 9. The number of aliphatic hydroxyl groups is 2. The zero-order chi connectivity index (χ0) is 53.6. The molecule has 0 heterocycles. The summed E-state index contributed by atoms with van der Waals surface area (Å²) in [6.07, 6.45) is -1.53. The molecule has 0 bridgehead atoms. The van der Waals surface area contributed by atoms with Gasteiger partial charge in [-0.05, 0) is 56.4 Å². The lowest BCUT2D eigenvalue weighted by atomic mass is 9.94. The standard InChI is InChI=1S/C47H78N10O13/c1-12-24(6)35(52-32(60)22-50-43(65)38(28(10)58)56-40(62)27(9)51-41(63)31(48)20-30-18-16-15-17-19-30)42(64)49-21-33(61)53-36(25(7)13-2)44(66)55-37(26(8)14-3)45(67)57-39(29(11)59)46(68)54-34(23(4)5)47(69)70/h15-19,23-29,31,34-39,58-59H,12-14,20-22,48H2,1-11H3,(H,49,64)(H,50,65)(H,51,63)(H,52,60)(H,53,61)(H,54,68)(H,55,66)(H,56,62)(H,57,67)(H,69,70)/t24-,25-,26-,27-,28+,29+,31-,34-,35-,36-,37-,38-,39-/m0/s1. The van der Waals surface area contributed by atoms with Crippen LogP contribution in [0.25, 0.3) is 0 Å². The molecule has 0 saturated carbocycles. The lowest BCUT2D eigenvalue weighted by Gasteiger charge is -2.31. The molecule has 14 N–H and O–H groups in total. The van der Waals surface area contributed by atoms with Crippen molar-refractivity contribution >= 4 is 59.1 Å². The minimum absolute atomic E-state index is 0.208. The third kappa shape index (κ3) is 20.4. The first kappa shape index (κ1) is 61.8. The van der Waals surface area contributed by atoms with Gasteiger partial charge in [0.2, 0.25) is 53.2 Å². The second-order valence-electron chi connectivity index (χ2n) is 18.2. The number of nitrogens with two attached hydrogens (primary N) is 1. The van der Waals surface area contributed by atoms with Crippen LogP contribution in [0.2, 0.25) is 0 Å². The zero-order valence-electron chi connectivity index (χ0n) is 42.2. The van der Waals surface area contributed by atoms with Crippen molar-refractivity contribution in [1.82, 2.24) is 47.9 Å². The number of hydrogen-bond acceptors (Lipinski definition) is 13. The highest BCUT2D eigenvalue weighted by Crippen LogP contribution is 2.14. The van der Waals surface area contributed by atoms with E-state index in [9.17, 15) is 63.3 Å². The van der Waals surface area contributed by atoms with Crippen LogP contribution < -0.4 is 53.6 Å². The fraction of sp³-hybridized carbons (Fsp3) is 0.660. The number of amides is 9. The maximum Gasteiger partial charge on any atom is 0.326 e. The molecule has 23 nitrogen and oxygen atoms in total. The Hall–Kier alpha value is -6.20. The monoisotopic (exact) mass is 991 g/mol. The van der Waals surface area contributed by atoms with E-state index in [1.165, 1.54) is 20.8 Å². The van der Waals surface area contributed by atoms with Gasteiger partial charge in [-0.2, -0.15) is 0 Å². The number of nitrogens with one attached hydrogen (secondary N) is 9. The summed E-state index contributed by atoms with van der Waals surface area (Å²) in [5, 5.41) is 52.4. The van der Waals surface area contributed by atoms with E-state index in [-0.39, 0.29) is 6.42 Å². The molecule has 0 fully saturated rings. The van der Waals surface area contributed by atoms with E-state index in [1.807, 2.05) is 6.07 Å². The highest BCUT2D eigenvalue weighted by atomic mass is 16.4. The molecule has 13 atom stereocenters. The van der Waals surface area contributed by atoms with Gasteiger partial charge in [0.15, 0.2) is 0 Å². The second kappa shape index (κ2) is 30.4. The van der Waals surface area contributed by atoms with E-state index in [0.717, 1.165) is 5.56 Å². The number of carboxylic acids is 1. The molecule has 0 aliphatic heterocycles. The normalized spacial score (nSPS) is 16.8. The Kier molecular flexibility index (Phi) is 26.9. The van der Waals surface area contributed by atoms with Gasteiger partial charge in [0.05, 0.1) is 31.3 Å². The van der Waals surface area contributed by atoms with Crippen LogP contribution in [0, 0.1) is 23.7 Å². The molecule has 1 rings (SSSR count). The largest absolute Gasteiger partial charge is 0.480 e. The summed E-state index contributed by atoms with van der Waals surface area (Å²) in [7, 11) is 0. The van der Waals surface area contributed by atoms with Crippen molar-refractivity contribution in [3.8, 4) is 0 Å². The van der Waals surface area contributed by atoms with Crippen molar-refractivity contribution in [2.24, 2.45) is 29.4 Å². The Morgan fingerprint density at radius 3 is 1.24 bits per heavy atom. The van der Waals surface area contributed by atoms with Crippen LogP contribution in [0.5, 0.6) is 0 Å². The summed E-state index contributed by atoms with van der Waals surface area (Å²) in [5.74, 6) is -10.7. The van der Waals surface area contributed by atoms with Gasteiger partial charge in [-0.25, -0.2) is 4.79 Å². The summed E-state index contributed by atoms with van der Waals surface area (Å²) in [6.45, 7) is 15.9. The number of hydrogen-bond donors (Lipinski definition) is 13. The van der Waals surface area contributed by atoms with Crippen LogP contribution in [0.4, 0.5) is 0 Å². The third-order valence-corrected chi connectivity index (χ3v) is 12.0. The molecule has 0 radical (unpaired) electrons. The van der Waals surface area contributed by atoms with Crippen LogP contribution in [-0.2, 0) is 54.4 Å². The second-order valence-corrected chi connectivity index (χ2v) is 18.2. The van der Waals surface area contributed by atoms with Gasteiger partial charge in [-0.3, -0.25) is 43.2 Å². The average molecular weight is 991 g/mol. The van der Waals surface area contributed by atoms with Crippen molar-refractivity contribution in [1.29, 1.82) is 0 Å². The predicted molar refractivity (Wildman–Crippen MR) is 258 cm³/mol.